The summed E-state index contributed by atoms with van der Waals surface area (Å²) in [4.78, 5) is 0. The van der Waals surface area contributed by atoms with Crippen LogP contribution in [0, 0.1) is 5.82 Å². The highest BCUT2D eigenvalue weighted by Crippen LogP contribution is 2.29. The summed E-state index contributed by atoms with van der Waals surface area (Å²) < 4.78 is 20.7. The van der Waals surface area contributed by atoms with Crippen LogP contribution in [0.2, 0.25) is 0 Å². The van der Waals surface area contributed by atoms with Crippen molar-refractivity contribution in [2.45, 2.75) is 65.2 Å². The maximum atomic E-state index is 14.9. The van der Waals surface area contributed by atoms with Gasteiger partial charge in [0, 0.05) is 5.56 Å². The number of aryl methyl sites for hydroxylation is 1. The van der Waals surface area contributed by atoms with Crippen molar-refractivity contribution in [3.05, 3.63) is 78.1 Å². The maximum Gasteiger partial charge on any atom is 0.131 e. The predicted octanol–water partition coefficient (Wildman–Crippen LogP) is 8.85. The third-order valence-corrected chi connectivity index (χ3v) is 5.76. The van der Waals surface area contributed by atoms with Crippen molar-refractivity contribution in [2.24, 2.45) is 0 Å². The van der Waals surface area contributed by atoms with Crippen molar-refractivity contribution in [2.75, 3.05) is 6.61 Å². The van der Waals surface area contributed by atoms with E-state index in [2.05, 4.69) is 38.1 Å². The van der Waals surface area contributed by atoms with Gasteiger partial charge in [0.15, 0.2) is 0 Å². The van der Waals surface area contributed by atoms with Gasteiger partial charge in [0.2, 0.25) is 0 Å². The molecule has 3 rings (SSSR count). The van der Waals surface area contributed by atoms with Gasteiger partial charge in [-0.15, -0.1) is 0 Å². The molecular weight excluding hydrogens is 383 g/mol. The van der Waals surface area contributed by atoms with E-state index in [-0.39, 0.29) is 5.82 Å². The van der Waals surface area contributed by atoms with Crippen molar-refractivity contribution in [3.8, 4) is 28.0 Å². The molecule has 0 aliphatic heterocycles. The van der Waals surface area contributed by atoms with Crippen molar-refractivity contribution >= 4 is 0 Å². The van der Waals surface area contributed by atoms with E-state index in [1.165, 1.54) is 44.1 Å². The van der Waals surface area contributed by atoms with Gasteiger partial charge >= 0.3 is 0 Å². The Labute approximate surface area is 187 Å². The Balaban J connectivity index is 1.62. The van der Waals surface area contributed by atoms with Crippen LogP contribution >= 0.6 is 0 Å². The molecule has 0 aliphatic carbocycles. The van der Waals surface area contributed by atoms with Crippen LogP contribution in [0.15, 0.2) is 66.7 Å². The second kappa shape index (κ2) is 12.3. The van der Waals surface area contributed by atoms with Gasteiger partial charge in [0.25, 0.3) is 0 Å². The minimum atomic E-state index is -0.197. The molecule has 0 saturated heterocycles. The van der Waals surface area contributed by atoms with Gasteiger partial charge in [-0.2, -0.15) is 0 Å². The quantitative estimate of drug-likeness (QED) is 0.267. The van der Waals surface area contributed by atoms with E-state index >= 15 is 0 Å². The van der Waals surface area contributed by atoms with Crippen LogP contribution in [0.5, 0.6) is 5.75 Å². The fourth-order valence-electron chi connectivity index (χ4n) is 3.82. The van der Waals surface area contributed by atoms with Crippen LogP contribution in [0.4, 0.5) is 4.39 Å². The summed E-state index contributed by atoms with van der Waals surface area (Å²) in [5, 5.41) is 0. The van der Waals surface area contributed by atoms with E-state index in [1.54, 1.807) is 6.07 Å². The normalized spacial score (nSPS) is 10.9. The number of hydrogen-bond acceptors (Lipinski definition) is 1. The summed E-state index contributed by atoms with van der Waals surface area (Å²) in [7, 11) is 0. The van der Waals surface area contributed by atoms with Crippen LogP contribution in [0.3, 0.4) is 0 Å². The minimum Gasteiger partial charge on any atom is -0.494 e. The first kappa shape index (κ1) is 23.1. The zero-order valence-corrected chi connectivity index (χ0v) is 19.0. The number of halogens is 1. The lowest BCUT2D eigenvalue weighted by Crippen LogP contribution is -1.97. The van der Waals surface area contributed by atoms with Gasteiger partial charge in [0.05, 0.1) is 6.61 Å². The molecule has 2 heteroatoms. The molecule has 3 aromatic carbocycles. The summed E-state index contributed by atoms with van der Waals surface area (Å²) in [5.41, 5.74) is 4.80. The zero-order chi connectivity index (χ0) is 21.9. The Morgan fingerprint density at radius 3 is 1.97 bits per heavy atom. The first-order valence-electron chi connectivity index (χ1n) is 11.8. The van der Waals surface area contributed by atoms with Crippen LogP contribution in [0.25, 0.3) is 22.3 Å². The van der Waals surface area contributed by atoms with Gasteiger partial charge < -0.3 is 4.74 Å². The topological polar surface area (TPSA) is 9.23 Å². The SMILES string of the molecule is CCCCCCOc1ccc(-c2ccc(-c3ccc(CCCCC)cc3)cc2F)cc1. The zero-order valence-electron chi connectivity index (χ0n) is 19.0. The van der Waals surface area contributed by atoms with Gasteiger partial charge in [-0.3, -0.25) is 0 Å². The number of unbranched alkanes of at least 4 members (excludes halogenated alkanes) is 5. The third-order valence-electron chi connectivity index (χ3n) is 5.76. The molecule has 3 aromatic rings. The molecule has 164 valence electrons. The summed E-state index contributed by atoms with van der Waals surface area (Å²) in [6.07, 6.45) is 9.59. The standard InChI is InChI=1S/C29H35FO/c1-3-5-7-9-21-31-27-18-15-25(16-19-27)28-20-17-26(22-29(28)30)24-13-11-23(12-14-24)10-8-6-4-2/h11-20,22H,3-10,21H2,1-2H3. The Hall–Kier alpha value is -2.61. The Kier molecular flexibility index (Phi) is 9.15. The molecule has 1 nitrogen and oxygen atoms in total. The molecule has 0 atom stereocenters. The summed E-state index contributed by atoms with van der Waals surface area (Å²) in [6.45, 7) is 5.16. The van der Waals surface area contributed by atoms with E-state index in [9.17, 15) is 4.39 Å². The average Bonchev–Trinajstić information content (AvgIpc) is 2.80. The predicted molar refractivity (Wildman–Crippen MR) is 130 cm³/mol. The molecule has 0 heterocycles. The highest BCUT2D eigenvalue weighted by molar-refractivity contribution is 5.71. The fraction of sp³-hybridized carbons (Fsp3) is 0.379. The van der Waals surface area contributed by atoms with Crippen molar-refractivity contribution in [3.63, 3.8) is 0 Å². The molecule has 0 N–H and O–H groups in total. The number of ether oxygens (including phenoxy) is 1. The summed E-state index contributed by atoms with van der Waals surface area (Å²) >= 11 is 0. The molecule has 0 radical (unpaired) electrons. The molecule has 31 heavy (non-hydrogen) atoms. The molecule has 0 unspecified atom stereocenters. The van der Waals surface area contributed by atoms with Crippen molar-refractivity contribution in [1.82, 2.24) is 0 Å². The molecule has 0 amide bonds. The number of hydrogen-bond donors (Lipinski definition) is 0. The summed E-state index contributed by atoms with van der Waals surface area (Å²) in [5.74, 6) is 0.647. The van der Waals surface area contributed by atoms with Gasteiger partial charge in [0.1, 0.15) is 11.6 Å². The van der Waals surface area contributed by atoms with E-state index in [0.29, 0.717) is 5.56 Å². The van der Waals surface area contributed by atoms with E-state index in [0.717, 1.165) is 41.9 Å². The van der Waals surface area contributed by atoms with E-state index in [4.69, 9.17) is 4.74 Å². The van der Waals surface area contributed by atoms with Crippen LogP contribution in [-0.2, 0) is 6.42 Å². The summed E-state index contributed by atoms with van der Waals surface area (Å²) in [6, 6.07) is 21.8. The molecule has 0 aromatic heterocycles. The largest absolute Gasteiger partial charge is 0.494 e. The second-order valence-electron chi connectivity index (χ2n) is 8.28. The fourth-order valence-corrected chi connectivity index (χ4v) is 3.82. The second-order valence-corrected chi connectivity index (χ2v) is 8.28. The molecular formula is C29H35FO. The monoisotopic (exact) mass is 418 g/mol. The number of rotatable bonds is 12. The first-order chi connectivity index (χ1) is 15.2. The van der Waals surface area contributed by atoms with Crippen molar-refractivity contribution < 1.29 is 9.13 Å². The minimum absolute atomic E-state index is 0.197. The van der Waals surface area contributed by atoms with Crippen LogP contribution in [-0.4, -0.2) is 6.61 Å². The molecule has 0 aliphatic rings. The average molecular weight is 419 g/mol. The first-order valence-corrected chi connectivity index (χ1v) is 11.8. The highest BCUT2D eigenvalue weighted by Gasteiger charge is 2.08. The smallest absolute Gasteiger partial charge is 0.131 e. The van der Waals surface area contributed by atoms with Crippen molar-refractivity contribution in [1.29, 1.82) is 0 Å². The Morgan fingerprint density at radius 2 is 1.29 bits per heavy atom. The Morgan fingerprint density at radius 1 is 0.645 bits per heavy atom. The van der Waals surface area contributed by atoms with Gasteiger partial charge in [-0.05, 0) is 59.7 Å². The van der Waals surface area contributed by atoms with Gasteiger partial charge in [-0.1, -0.05) is 94.5 Å². The lowest BCUT2D eigenvalue weighted by atomic mass is 9.98. The number of benzene rings is 3. The molecule has 0 bridgehead atoms. The Bertz CT molecular complexity index is 912. The maximum absolute atomic E-state index is 14.9. The molecule has 0 spiro atoms. The molecule has 0 fully saturated rings. The lowest BCUT2D eigenvalue weighted by molar-refractivity contribution is 0.305. The van der Waals surface area contributed by atoms with Crippen LogP contribution < -0.4 is 4.74 Å². The third kappa shape index (κ3) is 6.95. The van der Waals surface area contributed by atoms with Gasteiger partial charge in [-0.25, -0.2) is 4.39 Å². The van der Waals surface area contributed by atoms with Crippen LogP contribution in [0.1, 0.15) is 64.4 Å². The molecule has 0 saturated carbocycles. The van der Waals surface area contributed by atoms with E-state index < -0.39 is 0 Å². The lowest BCUT2D eigenvalue weighted by Gasteiger charge is -2.10. The van der Waals surface area contributed by atoms with E-state index in [1.807, 2.05) is 36.4 Å². The highest BCUT2D eigenvalue weighted by atomic mass is 19.1.